The number of rotatable bonds is 5. The summed E-state index contributed by atoms with van der Waals surface area (Å²) in [5, 5.41) is 2.41. The Morgan fingerprint density at radius 1 is 1.22 bits per heavy atom. The van der Waals surface area contributed by atoms with Crippen LogP contribution in [-0.2, 0) is 9.53 Å². The van der Waals surface area contributed by atoms with Gasteiger partial charge >= 0.3 is 5.97 Å². The molecule has 0 fully saturated rings. The van der Waals surface area contributed by atoms with Gasteiger partial charge in [0, 0.05) is 5.69 Å². The Bertz CT molecular complexity index is 736. The fourth-order valence-corrected chi connectivity index (χ4v) is 1.97. The molecule has 120 valence electrons. The van der Waals surface area contributed by atoms with E-state index in [1.807, 2.05) is 0 Å². The number of amides is 1. The lowest BCUT2D eigenvalue weighted by Crippen LogP contribution is -2.21. The Morgan fingerprint density at radius 2 is 1.96 bits per heavy atom. The number of carbonyl (C=O) groups excluding carboxylic acids is 2. The fraction of sp³-hybridized carbons (Fsp3) is 0.125. The molecule has 2 aromatic rings. The van der Waals surface area contributed by atoms with Crippen molar-refractivity contribution in [2.45, 2.75) is 0 Å². The summed E-state index contributed by atoms with van der Waals surface area (Å²) >= 11 is 5.63. The molecule has 1 amide bonds. The van der Waals surface area contributed by atoms with E-state index in [0.29, 0.717) is 5.69 Å². The fourth-order valence-electron chi connectivity index (χ4n) is 1.79. The molecule has 0 bridgehead atoms. The van der Waals surface area contributed by atoms with Crippen LogP contribution in [-0.4, -0.2) is 25.6 Å². The van der Waals surface area contributed by atoms with Crippen LogP contribution >= 0.6 is 11.6 Å². The van der Waals surface area contributed by atoms with Crippen LogP contribution in [0, 0.1) is 5.82 Å². The number of hydrogen-bond donors (Lipinski definition) is 1. The minimum Gasteiger partial charge on any atom is -0.483 e. The zero-order chi connectivity index (χ0) is 16.8. The molecule has 0 radical (unpaired) electrons. The van der Waals surface area contributed by atoms with Gasteiger partial charge in [0.15, 0.2) is 6.61 Å². The predicted octanol–water partition coefficient (Wildman–Crippen LogP) is 3.28. The molecule has 0 heterocycles. The van der Waals surface area contributed by atoms with Crippen molar-refractivity contribution in [3.8, 4) is 5.75 Å². The first-order valence-electron chi connectivity index (χ1n) is 6.56. The highest BCUT2D eigenvalue weighted by atomic mass is 35.5. The normalized spacial score (nSPS) is 10.0. The topological polar surface area (TPSA) is 64.6 Å². The molecule has 0 saturated carbocycles. The van der Waals surface area contributed by atoms with Gasteiger partial charge in [0.2, 0.25) is 0 Å². The lowest BCUT2D eigenvalue weighted by atomic mass is 10.2. The molecular formula is C16H13ClFNO4. The quantitative estimate of drug-likeness (QED) is 0.850. The summed E-state index contributed by atoms with van der Waals surface area (Å²) in [7, 11) is 1.25. The zero-order valence-corrected chi connectivity index (χ0v) is 12.9. The van der Waals surface area contributed by atoms with Crippen LogP contribution in [0.4, 0.5) is 10.1 Å². The van der Waals surface area contributed by atoms with Crippen LogP contribution in [0.2, 0.25) is 5.02 Å². The molecule has 7 heteroatoms. The first-order chi connectivity index (χ1) is 11.0. The third-order valence-corrected chi connectivity index (χ3v) is 3.14. The predicted molar refractivity (Wildman–Crippen MR) is 83.3 cm³/mol. The summed E-state index contributed by atoms with van der Waals surface area (Å²) in [6.07, 6.45) is 0. The first kappa shape index (κ1) is 16.8. The number of methoxy groups -OCH3 is 1. The molecule has 0 aliphatic heterocycles. The summed E-state index contributed by atoms with van der Waals surface area (Å²) in [6, 6.07) is 10.2. The number of esters is 1. The van der Waals surface area contributed by atoms with Gasteiger partial charge in [0.05, 0.1) is 12.1 Å². The second kappa shape index (κ2) is 7.60. The molecule has 0 atom stereocenters. The van der Waals surface area contributed by atoms with Crippen LogP contribution in [0.3, 0.4) is 0 Å². The summed E-state index contributed by atoms with van der Waals surface area (Å²) in [5.74, 6) is -1.39. The lowest BCUT2D eigenvalue weighted by Gasteiger charge is -2.10. The van der Waals surface area contributed by atoms with E-state index >= 15 is 0 Å². The van der Waals surface area contributed by atoms with E-state index in [-0.39, 0.29) is 22.9 Å². The molecule has 5 nitrogen and oxygen atoms in total. The minimum absolute atomic E-state index is 0.0974. The van der Waals surface area contributed by atoms with E-state index in [4.69, 9.17) is 16.3 Å². The van der Waals surface area contributed by atoms with Crippen LogP contribution in [0.25, 0.3) is 0 Å². The van der Waals surface area contributed by atoms with Gasteiger partial charge in [-0.1, -0.05) is 23.7 Å². The largest absolute Gasteiger partial charge is 0.483 e. The average molecular weight is 338 g/mol. The highest BCUT2D eigenvalue weighted by molar-refractivity contribution is 6.31. The van der Waals surface area contributed by atoms with Gasteiger partial charge in [-0.15, -0.1) is 0 Å². The number of nitrogens with one attached hydrogen (secondary N) is 1. The molecule has 2 rings (SSSR count). The Balaban J connectivity index is 1.99. The van der Waals surface area contributed by atoms with Crippen LogP contribution in [0.1, 0.15) is 10.4 Å². The second-order valence-corrected chi connectivity index (χ2v) is 4.86. The van der Waals surface area contributed by atoms with Crippen LogP contribution < -0.4 is 10.1 Å². The number of anilines is 1. The monoisotopic (exact) mass is 337 g/mol. The van der Waals surface area contributed by atoms with Crippen molar-refractivity contribution >= 4 is 29.2 Å². The lowest BCUT2D eigenvalue weighted by molar-refractivity contribution is -0.118. The summed E-state index contributed by atoms with van der Waals surface area (Å²) in [6.45, 7) is -0.330. The zero-order valence-electron chi connectivity index (χ0n) is 12.1. The van der Waals surface area contributed by atoms with E-state index in [1.54, 1.807) is 18.2 Å². The maximum Gasteiger partial charge on any atom is 0.341 e. The number of ether oxygens (including phenoxy) is 2. The van der Waals surface area contributed by atoms with Crippen molar-refractivity contribution in [1.82, 2.24) is 0 Å². The Kier molecular flexibility index (Phi) is 5.54. The van der Waals surface area contributed by atoms with E-state index in [2.05, 4.69) is 10.1 Å². The number of para-hydroxylation sites is 1. The number of halogens is 2. The molecule has 1 N–H and O–H groups in total. The minimum atomic E-state index is -0.576. The SMILES string of the molecule is COC(=O)c1ccccc1OCC(=O)Nc1ccc(F)c(Cl)c1. The summed E-state index contributed by atoms with van der Waals surface area (Å²) in [4.78, 5) is 23.4. The maximum atomic E-state index is 13.0. The van der Waals surface area contributed by atoms with Crippen LogP contribution in [0.15, 0.2) is 42.5 Å². The third-order valence-electron chi connectivity index (χ3n) is 2.85. The Morgan fingerprint density at radius 3 is 2.65 bits per heavy atom. The van der Waals surface area contributed by atoms with Crippen molar-refractivity contribution in [3.05, 3.63) is 58.9 Å². The molecule has 0 aliphatic rings. The maximum absolute atomic E-state index is 13.0. The summed E-state index contributed by atoms with van der Waals surface area (Å²) in [5.41, 5.74) is 0.555. The highest BCUT2D eigenvalue weighted by Gasteiger charge is 2.13. The van der Waals surface area contributed by atoms with Crippen molar-refractivity contribution < 1.29 is 23.5 Å². The number of carbonyl (C=O) groups is 2. The molecular weight excluding hydrogens is 325 g/mol. The van der Waals surface area contributed by atoms with Gasteiger partial charge < -0.3 is 14.8 Å². The number of hydrogen-bond acceptors (Lipinski definition) is 4. The Labute approximate surface area is 137 Å². The standard InChI is InChI=1S/C16H13ClFNO4/c1-22-16(21)11-4-2-3-5-14(11)23-9-15(20)19-10-6-7-13(18)12(17)8-10/h2-8H,9H2,1H3,(H,19,20). The highest BCUT2D eigenvalue weighted by Crippen LogP contribution is 2.20. The molecule has 0 aromatic heterocycles. The van der Waals surface area contributed by atoms with E-state index < -0.39 is 17.7 Å². The van der Waals surface area contributed by atoms with Gasteiger partial charge in [-0.25, -0.2) is 9.18 Å². The number of benzene rings is 2. The van der Waals surface area contributed by atoms with Gasteiger partial charge in [0.1, 0.15) is 17.1 Å². The van der Waals surface area contributed by atoms with Gasteiger partial charge in [0.25, 0.3) is 5.91 Å². The van der Waals surface area contributed by atoms with Crippen molar-refractivity contribution in [2.75, 3.05) is 19.0 Å². The van der Waals surface area contributed by atoms with Crippen molar-refractivity contribution in [1.29, 1.82) is 0 Å². The smallest absolute Gasteiger partial charge is 0.341 e. The molecule has 23 heavy (non-hydrogen) atoms. The third kappa shape index (κ3) is 4.43. The second-order valence-electron chi connectivity index (χ2n) is 4.45. The summed E-state index contributed by atoms with van der Waals surface area (Å²) < 4.78 is 23.0. The van der Waals surface area contributed by atoms with E-state index in [9.17, 15) is 14.0 Å². The van der Waals surface area contributed by atoms with Gasteiger partial charge in [-0.05, 0) is 30.3 Å². The molecule has 2 aromatic carbocycles. The van der Waals surface area contributed by atoms with Crippen LogP contribution in [0.5, 0.6) is 5.75 Å². The molecule has 0 spiro atoms. The van der Waals surface area contributed by atoms with Gasteiger partial charge in [-0.3, -0.25) is 4.79 Å². The molecule has 0 aliphatic carbocycles. The van der Waals surface area contributed by atoms with E-state index in [1.165, 1.54) is 25.3 Å². The van der Waals surface area contributed by atoms with Crippen molar-refractivity contribution in [3.63, 3.8) is 0 Å². The van der Waals surface area contributed by atoms with Gasteiger partial charge in [-0.2, -0.15) is 0 Å². The molecule has 0 unspecified atom stereocenters. The Hall–Kier alpha value is -2.60. The van der Waals surface area contributed by atoms with Crippen molar-refractivity contribution in [2.24, 2.45) is 0 Å². The first-order valence-corrected chi connectivity index (χ1v) is 6.94. The average Bonchev–Trinajstić information content (AvgIpc) is 2.56. The van der Waals surface area contributed by atoms with E-state index in [0.717, 1.165) is 6.07 Å². The molecule has 0 saturated heterocycles.